The van der Waals surface area contributed by atoms with Gasteiger partial charge in [-0.15, -0.1) is 0 Å². The molecule has 9 heteroatoms. The van der Waals surface area contributed by atoms with E-state index in [9.17, 15) is 24.5 Å². The molecule has 176 valence electrons. The second kappa shape index (κ2) is 7.90. The molecule has 3 heterocycles. The molecule has 3 aromatic rings. The van der Waals surface area contributed by atoms with Crippen LogP contribution < -0.4 is 4.90 Å². The van der Waals surface area contributed by atoms with Gasteiger partial charge in [0.2, 0.25) is 5.91 Å². The van der Waals surface area contributed by atoms with Gasteiger partial charge in [0.1, 0.15) is 6.04 Å². The third kappa shape index (κ3) is 3.18. The van der Waals surface area contributed by atoms with Gasteiger partial charge >= 0.3 is 6.03 Å². The van der Waals surface area contributed by atoms with Crippen molar-refractivity contribution < 1.29 is 19.3 Å². The van der Waals surface area contributed by atoms with Crippen LogP contribution in [0.3, 0.4) is 0 Å². The molecule has 0 aliphatic carbocycles. The number of nitro benzene ring substituents is 1. The number of carbonyl (C=O) groups excluding carboxylic acids is 3. The summed E-state index contributed by atoms with van der Waals surface area (Å²) in [6.07, 6.45) is 1.56. The number of hydrogen-bond donors (Lipinski definition) is 0. The van der Waals surface area contributed by atoms with E-state index >= 15 is 0 Å². The lowest BCUT2D eigenvalue weighted by Gasteiger charge is -2.35. The maximum absolute atomic E-state index is 13.6. The number of nitrogens with zero attached hydrogens (tertiary/aromatic N) is 4. The standard InChI is InChI=1S/C26H22N4O5/c31-23(13-10-16-6-2-1-3-7-16)27-15-17-14-22(27)24-25(32)29(26(33)28(17)24)20-11-12-21(30(34)35)19-9-5-4-8-18(19)20/h1-9,11-12,17,22,24H,10,13-15H2/t17-,22-,24+/m0/s1. The average molecular weight is 470 g/mol. The number of fused-ring (bicyclic) bond motifs is 6. The minimum absolute atomic E-state index is 0.0134. The largest absolute Gasteiger partial charge is 0.335 e. The van der Waals surface area contributed by atoms with Crippen molar-refractivity contribution in [2.75, 3.05) is 11.4 Å². The van der Waals surface area contributed by atoms with Crippen LogP contribution in [0.25, 0.3) is 10.8 Å². The lowest BCUT2D eigenvalue weighted by molar-refractivity contribution is -0.383. The van der Waals surface area contributed by atoms with Crippen LogP contribution in [-0.4, -0.2) is 57.2 Å². The summed E-state index contributed by atoms with van der Waals surface area (Å²) < 4.78 is 0. The van der Waals surface area contributed by atoms with Crippen molar-refractivity contribution >= 4 is 40.0 Å². The van der Waals surface area contributed by atoms with Gasteiger partial charge in [0.05, 0.1) is 28.1 Å². The molecule has 3 aliphatic rings. The molecule has 3 atom stereocenters. The fourth-order valence-corrected chi connectivity index (χ4v) is 5.83. The number of urea groups is 1. The van der Waals surface area contributed by atoms with Gasteiger partial charge in [0.15, 0.2) is 0 Å². The Hall–Kier alpha value is -4.27. The Bertz CT molecular complexity index is 1390. The third-order valence-electron chi connectivity index (χ3n) is 7.37. The quantitative estimate of drug-likeness (QED) is 0.323. The van der Waals surface area contributed by atoms with E-state index < -0.39 is 17.0 Å². The van der Waals surface area contributed by atoms with E-state index in [2.05, 4.69) is 0 Å². The van der Waals surface area contributed by atoms with Gasteiger partial charge in [-0.1, -0.05) is 48.5 Å². The number of likely N-dealkylation sites (tertiary alicyclic amines) is 1. The van der Waals surface area contributed by atoms with Crippen LogP contribution in [-0.2, 0) is 16.0 Å². The van der Waals surface area contributed by atoms with E-state index in [4.69, 9.17) is 0 Å². The summed E-state index contributed by atoms with van der Waals surface area (Å²) in [6, 6.07) is 17.5. The minimum Gasteiger partial charge on any atom is -0.335 e. The molecule has 0 radical (unpaired) electrons. The molecule has 0 N–H and O–H groups in total. The van der Waals surface area contributed by atoms with Crippen LogP contribution in [0.4, 0.5) is 16.2 Å². The number of carbonyl (C=O) groups is 3. The first-order chi connectivity index (χ1) is 17.0. The van der Waals surface area contributed by atoms with Gasteiger partial charge in [0.25, 0.3) is 11.6 Å². The highest BCUT2D eigenvalue weighted by Crippen LogP contribution is 2.44. The zero-order valence-electron chi connectivity index (χ0n) is 18.7. The predicted octanol–water partition coefficient (Wildman–Crippen LogP) is 3.50. The Morgan fingerprint density at radius 2 is 1.69 bits per heavy atom. The number of imide groups is 1. The monoisotopic (exact) mass is 470 g/mol. The second-order valence-corrected chi connectivity index (χ2v) is 9.20. The second-order valence-electron chi connectivity index (χ2n) is 9.20. The number of piperazine rings is 1. The van der Waals surface area contributed by atoms with Gasteiger partial charge in [-0.25, -0.2) is 9.69 Å². The summed E-state index contributed by atoms with van der Waals surface area (Å²) in [5, 5.41) is 12.3. The average Bonchev–Trinajstić information content (AvgIpc) is 3.54. The number of benzene rings is 3. The number of nitro groups is 1. The van der Waals surface area contributed by atoms with E-state index in [1.54, 1.807) is 34.1 Å². The van der Waals surface area contributed by atoms with Crippen molar-refractivity contribution in [1.29, 1.82) is 0 Å². The lowest BCUT2D eigenvalue weighted by Crippen LogP contribution is -2.54. The molecule has 35 heavy (non-hydrogen) atoms. The summed E-state index contributed by atoms with van der Waals surface area (Å²) in [5.74, 6) is -0.400. The molecular formula is C26H22N4O5. The highest BCUT2D eigenvalue weighted by molar-refractivity contribution is 6.25. The van der Waals surface area contributed by atoms with Crippen LogP contribution in [0.5, 0.6) is 0 Å². The molecule has 3 saturated heterocycles. The first kappa shape index (κ1) is 21.3. The van der Waals surface area contributed by atoms with Gasteiger partial charge in [-0.3, -0.25) is 19.7 Å². The van der Waals surface area contributed by atoms with Gasteiger partial charge in [-0.05, 0) is 30.5 Å². The zero-order chi connectivity index (χ0) is 24.3. The van der Waals surface area contributed by atoms with Crippen molar-refractivity contribution in [3.63, 3.8) is 0 Å². The SMILES string of the molecule is O=C1[C@H]2[C@@H]3C[C@@H](CN3C(=O)CCc3ccccc3)N2C(=O)N1c1ccc([N+](=O)[O-])c2ccccc12. The molecule has 3 fully saturated rings. The Labute approximate surface area is 200 Å². The van der Waals surface area contributed by atoms with E-state index in [-0.39, 0.29) is 29.6 Å². The number of amides is 4. The summed E-state index contributed by atoms with van der Waals surface area (Å²) in [4.78, 5) is 55.6. The van der Waals surface area contributed by atoms with Crippen molar-refractivity contribution in [2.45, 2.75) is 37.4 Å². The Morgan fingerprint density at radius 3 is 2.43 bits per heavy atom. The Kier molecular flexibility index (Phi) is 4.80. The summed E-state index contributed by atoms with van der Waals surface area (Å²) >= 11 is 0. The smallest absolute Gasteiger partial charge is 0.332 e. The van der Waals surface area contributed by atoms with E-state index in [1.807, 2.05) is 30.3 Å². The van der Waals surface area contributed by atoms with Gasteiger partial charge in [0, 0.05) is 24.4 Å². The molecular weight excluding hydrogens is 448 g/mol. The third-order valence-corrected chi connectivity index (χ3v) is 7.37. The van der Waals surface area contributed by atoms with E-state index in [1.165, 1.54) is 12.1 Å². The molecule has 6 rings (SSSR count). The minimum atomic E-state index is -0.726. The van der Waals surface area contributed by atoms with Crippen LogP contribution in [0.1, 0.15) is 18.4 Å². The molecule has 4 amide bonds. The molecule has 9 nitrogen and oxygen atoms in total. The van der Waals surface area contributed by atoms with Crippen molar-refractivity contribution in [3.8, 4) is 0 Å². The predicted molar refractivity (Wildman–Crippen MR) is 128 cm³/mol. The molecule has 2 bridgehead atoms. The normalized spacial score (nSPS) is 22.9. The van der Waals surface area contributed by atoms with Gasteiger partial charge < -0.3 is 9.80 Å². The summed E-state index contributed by atoms with van der Waals surface area (Å²) in [6.45, 7) is 0.419. The summed E-state index contributed by atoms with van der Waals surface area (Å²) in [5.41, 5.74) is 1.33. The van der Waals surface area contributed by atoms with Crippen LogP contribution >= 0.6 is 0 Å². The van der Waals surface area contributed by atoms with E-state index in [0.717, 1.165) is 10.5 Å². The van der Waals surface area contributed by atoms with Crippen LogP contribution in [0, 0.1) is 10.1 Å². The highest BCUT2D eigenvalue weighted by atomic mass is 16.6. The Morgan fingerprint density at radius 1 is 0.971 bits per heavy atom. The van der Waals surface area contributed by atoms with E-state index in [0.29, 0.717) is 42.3 Å². The number of non-ortho nitro benzene ring substituents is 1. The lowest BCUT2D eigenvalue weighted by atomic mass is 10.0. The molecule has 0 spiro atoms. The van der Waals surface area contributed by atoms with Crippen molar-refractivity contribution in [2.24, 2.45) is 0 Å². The van der Waals surface area contributed by atoms with Crippen molar-refractivity contribution in [1.82, 2.24) is 9.80 Å². The van der Waals surface area contributed by atoms with Gasteiger partial charge in [-0.2, -0.15) is 0 Å². The first-order valence-corrected chi connectivity index (χ1v) is 11.6. The van der Waals surface area contributed by atoms with Crippen molar-refractivity contribution in [3.05, 3.63) is 82.4 Å². The van der Waals surface area contributed by atoms with Crippen LogP contribution in [0.15, 0.2) is 66.7 Å². The summed E-state index contributed by atoms with van der Waals surface area (Å²) in [7, 11) is 0. The Balaban J connectivity index is 1.28. The number of hydrogen-bond acceptors (Lipinski definition) is 5. The molecule has 3 aliphatic heterocycles. The zero-order valence-corrected chi connectivity index (χ0v) is 18.7. The molecule has 0 saturated carbocycles. The molecule has 0 aromatic heterocycles. The number of aryl methyl sites for hydroxylation is 1. The fourth-order valence-electron chi connectivity index (χ4n) is 5.83. The molecule has 0 unspecified atom stereocenters. The molecule has 3 aromatic carbocycles. The number of rotatable bonds is 5. The number of anilines is 1. The first-order valence-electron chi connectivity index (χ1n) is 11.6. The highest BCUT2D eigenvalue weighted by Gasteiger charge is 2.62. The fraction of sp³-hybridized carbons (Fsp3) is 0.269. The topological polar surface area (TPSA) is 104 Å². The van der Waals surface area contributed by atoms with Crippen LogP contribution in [0.2, 0.25) is 0 Å². The maximum Gasteiger partial charge on any atom is 0.332 e. The maximum atomic E-state index is 13.6.